The molecule has 0 aliphatic carbocycles. The van der Waals surface area contributed by atoms with Crippen LogP contribution in [0, 0.1) is 17.5 Å². The first-order valence-electron chi connectivity index (χ1n) is 10.5. The number of fused-ring (bicyclic) bond motifs is 1. The minimum atomic E-state index is -1.46. The molecule has 31 heavy (non-hydrogen) atoms. The van der Waals surface area contributed by atoms with Crippen LogP contribution in [0.3, 0.4) is 0 Å². The maximum absolute atomic E-state index is 13.7. The Bertz CT molecular complexity index is 1080. The number of pyridine rings is 1. The Morgan fingerprint density at radius 3 is 2.42 bits per heavy atom. The molecule has 0 fully saturated rings. The van der Waals surface area contributed by atoms with Crippen molar-refractivity contribution in [3.8, 4) is 11.3 Å². The molecule has 1 aliphatic rings. The number of halogens is 3. The largest absolute Gasteiger partial charge is 0.365 e. The second kappa shape index (κ2) is 9.37. The molecule has 1 aliphatic heterocycles. The van der Waals surface area contributed by atoms with Crippen molar-refractivity contribution >= 4 is 5.70 Å². The SMILES string of the molecule is C=C(c1cncc(CC)c1)N1CCc2c(nn(C)c2-c2cc(F)c(F)c(F)c2)C1.CC. The molecule has 2 aromatic heterocycles. The first-order chi connectivity index (χ1) is 14.9. The first-order valence-corrected chi connectivity index (χ1v) is 10.5. The van der Waals surface area contributed by atoms with Gasteiger partial charge in [0.05, 0.1) is 17.9 Å². The smallest absolute Gasteiger partial charge is 0.194 e. The predicted molar refractivity (Wildman–Crippen MR) is 117 cm³/mol. The highest BCUT2D eigenvalue weighted by Gasteiger charge is 2.26. The van der Waals surface area contributed by atoms with Crippen molar-refractivity contribution in [3.63, 3.8) is 0 Å². The van der Waals surface area contributed by atoms with Gasteiger partial charge in [0.15, 0.2) is 17.5 Å². The topological polar surface area (TPSA) is 34.0 Å². The standard InChI is InChI=1S/C22H21F3N4.C2H6/c1-4-14-7-16(11-26-10-14)13(2)29-6-5-17-20(12-29)27-28(3)22(17)15-8-18(23)21(25)19(24)9-15;1-2/h7-11H,2,4-6,12H2,1,3H3;1-2H3. The Morgan fingerprint density at radius 1 is 1.10 bits per heavy atom. The lowest BCUT2D eigenvalue weighted by Crippen LogP contribution is -2.29. The van der Waals surface area contributed by atoms with Crippen LogP contribution in [0.5, 0.6) is 0 Å². The summed E-state index contributed by atoms with van der Waals surface area (Å²) in [6, 6.07) is 4.12. The van der Waals surface area contributed by atoms with Crippen molar-refractivity contribution in [2.45, 2.75) is 40.2 Å². The second-order valence-electron chi connectivity index (χ2n) is 7.21. The van der Waals surface area contributed by atoms with Crippen molar-refractivity contribution in [1.29, 1.82) is 0 Å². The number of hydrogen-bond acceptors (Lipinski definition) is 3. The molecule has 0 N–H and O–H groups in total. The molecular weight excluding hydrogens is 401 g/mol. The molecule has 0 atom stereocenters. The summed E-state index contributed by atoms with van der Waals surface area (Å²) in [5.41, 5.74) is 5.60. The molecule has 0 saturated carbocycles. The van der Waals surface area contributed by atoms with E-state index >= 15 is 0 Å². The van der Waals surface area contributed by atoms with Gasteiger partial charge in [0, 0.05) is 48.4 Å². The van der Waals surface area contributed by atoms with Crippen LogP contribution in [-0.4, -0.2) is 26.2 Å². The van der Waals surface area contributed by atoms with Crippen LogP contribution in [-0.2, 0) is 26.4 Å². The van der Waals surface area contributed by atoms with Gasteiger partial charge >= 0.3 is 0 Å². The van der Waals surface area contributed by atoms with Gasteiger partial charge in [-0.3, -0.25) is 9.67 Å². The summed E-state index contributed by atoms with van der Waals surface area (Å²) in [7, 11) is 1.72. The molecule has 164 valence electrons. The lowest BCUT2D eigenvalue weighted by Gasteiger charge is -2.30. The fourth-order valence-corrected chi connectivity index (χ4v) is 3.82. The third-order valence-electron chi connectivity index (χ3n) is 5.38. The molecule has 0 bridgehead atoms. The van der Waals surface area contributed by atoms with Crippen molar-refractivity contribution < 1.29 is 13.2 Å². The van der Waals surface area contributed by atoms with Crippen LogP contribution in [0.4, 0.5) is 13.2 Å². The monoisotopic (exact) mass is 428 g/mol. The molecule has 4 nitrogen and oxygen atoms in total. The molecule has 0 spiro atoms. The first kappa shape index (κ1) is 22.6. The summed E-state index contributed by atoms with van der Waals surface area (Å²) < 4.78 is 42.4. The maximum Gasteiger partial charge on any atom is 0.194 e. The van der Waals surface area contributed by atoms with E-state index in [1.165, 1.54) is 0 Å². The lowest BCUT2D eigenvalue weighted by molar-refractivity contribution is 0.368. The van der Waals surface area contributed by atoms with Crippen LogP contribution >= 0.6 is 0 Å². The molecule has 0 saturated heterocycles. The zero-order valence-corrected chi connectivity index (χ0v) is 18.3. The molecule has 7 heteroatoms. The van der Waals surface area contributed by atoms with E-state index in [9.17, 15) is 13.2 Å². The van der Waals surface area contributed by atoms with Crippen molar-refractivity contribution in [2.75, 3.05) is 6.54 Å². The van der Waals surface area contributed by atoms with Gasteiger partial charge in [-0.05, 0) is 36.6 Å². The molecule has 0 unspecified atom stereocenters. The summed E-state index contributed by atoms with van der Waals surface area (Å²) in [6.07, 6.45) is 5.17. The molecule has 4 rings (SSSR count). The summed E-state index contributed by atoms with van der Waals surface area (Å²) in [4.78, 5) is 6.41. The number of aryl methyl sites for hydroxylation is 2. The normalized spacial score (nSPS) is 12.8. The van der Waals surface area contributed by atoms with E-state index in [1.54, 1.807) is 17.9 Å². The average Bonchev–Trinajstić information content (AvgIpc) is 3.12. The Morgan fingerprint density at radius 2 is 1.77 bits per heavy atom. The number of nitrogens with zero attached hydrogens (tertiary/aromatic N) is 4. The summed E-state index contributed by atoms with van der Waals surface area (Å²) in [6.45, 7) is 11.5. The van der Waals surface area contributed by atoms with Crippen molar-refractivity contribution in [3.05, 3.63) is 77.0 Å². The molecular formula is C24H27F3N4. The average molecular weight is 429 g/mol. The summed E-state index contributed by atoms with van der Waals surface area (Å²) in [5, 5.41) is 4.55. The van der Waals surface area contributed by atoms with Gasteiger partial charge < -0.3 is 4.90 Å². The van der Waals surface area contributed by atoms with Crippen LogP contribution in [0.25, 0.3) is 17.0 Å². The van der Waals surface area contributed by atoms with E-state index in [-0.39, 0.29) is 5.56 Å². The zero-order valence-electron chi connectivity index (χ0n) is 18.3. The summed E-state index contributed by atoms with van der Waals surface area (Å²) >= 11 is 0. The molecule has 0 amide bonds. The van der Waals surface area contributed by atoms with Crippen LogP contribution in [0.15, 0.2) is 37.2 Å². The minimum Gasteiger partial charge on any atom is -0.365 e. The van der Waals surface area contributed by atoms with E-state index in [1.807, 2.05) is 20.0 Å². The predicted octanol–water partition coefficient (Wildman–Crippen LogP) is 5.52. The van der Waals surface area contributed by atoms with E-state index in [2.05, 4.69) is 34.6 Å². The van der Waals surface area contributed by atoms with E-state index < -0.39 is 17.5 Å². The van der Waals surface area contributed by atoms with Gasteiger partial charge in [0.25, 0.3) is 0 Å². The fraction of sp³-hybridized carbons (Fsp3) is 0.333. The number of hydrogen-bond donors (Lipinski definition) is 0. The maximum atomic E-state index is 13.7. The molecule has 0 radical (unpaired) electrons. The van der Waals surface area contributed by atoms with Gasteiger partial charge in [-0.25, -0.2) is 13.2 Å². The van der Waals surface area contributed by atoms with Gasteiger partial charge in [-0.1, -0.05) is 27.4 Å². The summed E-state index contributed by atoms with van der Waals surface area (Å²) in [5.74, 6) is -3.87. The highest BCUT2D eigenvalue weighted by atomic mass is 19.2. The van der Waals surface area contributed by atoms with Crippen LogP contribution < -0.4 is 0 Å². The highest BCUT2D eigenvalue weighted by molar-refractivity contribution is 5.67. The van der Waals surface area contributed by atoms with E-state index in [4.69, 9.17) is 0 Å². The quantitative estimate of drug-likeness (QED) is 0.514. The third kappa shape index (κ3) is 4.36. The van der Waals surface area contributed by atoms with Crippen molar-refractivity contribution in [2.24, 2.45) is 7.05 Å². The number of benzene rings is 1. The highest BCUT2D eigenvalue weighted by Crippen LogP contribution is 2.33. The van der Waals surface area contributed by atoms with Crippen molar-refractivity contribution in [1.82, 2.24) is 19.7 Å². The number of rotatable bonds is 4. The fourth-order valence-electron chi connectivity index (χ4n) is 3.82. The molecule has 3 aromatic rings. The van der Waals surface area contributed by atoms with E-state index in [0.29, 0.717) is 25.2 Å². The van der Waals surface area contributed by atoms with Gasteiger partial charge in [0.2, 0.25) is 0 Å². The lowest BCUT2D eigenvalue weighted by atomic mass is 9.98. The van der Waals surface area contributed by atoms with Crippen LogP contribution in [0.2, 0.25) is 0 Å². The number of aromatic nitrogens is 3. The Balaban J connectivity index is 0.00000132. The minimum absolute atomic E-state index is 0.282. The molecule has 3 heterocycles. The Hall–Kier alpha value is -3.09. The van der Waals surface area contributed by atoms with Gasteiger partial charge in [-0.15, -0.1) is 0 Å². The van der Waals surface area contributed by atoms with Crippen LogP contribution in [0.1, 0.15) is 43.2 Å². The van der Waals surface area contributed by atoms with E-state index in [0.717, 1.165) is 46.6 Å². The van der Waals surface area contributed by atoms with Gasteiger partial charge in [0.1, 0.15) is 0 Å². The Kier molecular flexibility index (Phi) is 6.83. The second-order valence-corrected chi connectivity index (χ2v) is 7.21. The Labute approximate surface area is 181 Å². The molecule has 1 aromatic carbocycles. The van der Waals surface area contributed by atoms with Gasteiger partial charge in [-0.2, -0.15) is 5.10 Å². The third-order valence-corrected chi connectivity index (χ3v) is 5.38. The zero-order chi connectivity index (χ0) is 22.7.